The maximum atomic E-state index is 10.4. The van der Waals surface area contributed by atoms with E-state index >= 15 is 0 Å². The summed E-state index contributed by atoms with van der Waals surface area (Å²) in [6, 6.07) is 0. The van der Waals surface area contributed by atoms with E-state index in [0.717, 1.165) is 25.9 Å². The molecule has 1 heterocycles. The van der Waals surface area contributed by atoms with Crippen molar-refractivity contribution >= 4 is 10.1 Å². The molecule has 1 rings (SSSR count). The maximum Gasteiger partial charge on any atom is 0.264 e. The van der Waals surface area contributed by atoms with Crippen LogP contribution < -0.4 is 5.32 Å². The minimum Gasteiger partial charge on any atom is -0.316 e. The molecule has 0 amide bonds. The van der Waals surface area contributed by atoms with Gasteiger partial charge in [0.15, 0.2) is 0 Å². The summed E-state index contributed by atoms with van der Waals surface area (Å²) in [4.78, 5) is 0. The van der Waals surface area contributed by atoms with Crippen molar-refractivity contribution < 1.29 is 13.0 Å². The minimum absolute atomic E-state index is 0.0979. The molecule has 1 aliphatic heterocycles. The summed E-state index contributed by atoms with van der Waals surface area (Å²) in [6.45, 7) is 1.91. The van der Waals surface area contributed by atoms with Gasteiger partial charge in [-0.2, -0.15) is 8.42 Å². The SMILES string of the molecule is O=S(=O)(O)CCC1CCCNC1. The van der Waals surface area contributed by atoms with E-state index in [-0.39, 0.29) is 5.75 Å². The monoisotopic (exact) mass is 193 g/mol. The molecule has 1 aliphatic rings. The molecule has 1 unspecified atom stereocenters. The van der Waals surface area contributed by atoms with Crippen molar-refractivity contribution in [1.82, 2.24) is 5.32 Å². The fourth-order valence-electron chi connectivity index (χ4n) is 1.49. The van der Waals surface area contributed by atoms with Crippen LogP contribution in [-0.2, 0) is 10.1 Å². The van der Waals surface area contributed by atoms with E-state index in [1.54, 1.807) is 0 Å². The number of nitrogens with one attached hydrogen (secondary N) is 1. The number of hydrogen-bond donors (Lipinski definition) is 2. The average molecular weight is 193 g/mol. The zero-order valence-electron chi connectivity index (χ0n) is 6.99. The van der Waals surface area contributed by atoms with Crippen molar-refractivity contribution in [3.63, 3.8) is 0 Å². The summed E-state index contributed by atoms with van der Waals surface area (Å²) < 4.78 is 29.3. The van der Waals surface area contributed by atoms with Crippen LogP contribution in [0.4, 0.5) is 0 Å². The van der Waals surface area contributed by atoms with Gasteiger partial charge < -0.3 is 5.32 Å². The summed E-state index contributed by atoms with van der Waals surface area (Å²) in [6.07, 6.45) is 2.75. The Balaban J connectivity index is 2.22. The van der Waals surface area contributed by atoms with Gasteiger partial charge in [0.25, 0.3) is 10.1 Å². The lowest BCUT2D eigenvalue weighted by atomic mass is 9.97. The third-order valence-corrected chi connectivity index (χ3v) is 2.93. The Morgan fingerprint density at radius 3 is 2.75 bits per heavy atom. The van der Waals surface area contributed by atoms with Gasteiger partial charge in [-0.25, -0.2) is 0 Å². The van der Waals surface area contributed by atoms with Crippen molar-refractivity contribution in [3.05, 3.63) is 0 Å². The molecule has 72 valence electrons. The Bertz CT molecular complexity index is 219. The quantitative estimate of drug-likeness (QED) is 0.631. The minimum atomic E-state index is -3.75. The van der Waals surface area contributed by atoms with Crippen molar-refractivity contribution in [3.8, 4) is 0 Å². The second-order valence-electron chi connectivity index (χ2n) is 3.29. The number of rotatable bonds is 3. The third-order valence-electron chi connectivity index (χ3n) is 2.18. The lowest BCUT2D eigenvalue weighted by Gasteiger charge is -2.21. The summed E-state index contributed by atoms with van der Waals surface area (Å²) in [5, 5.41) is 3.19. The van der Waals surface area contributed by atoms with Gasteiger partial charge in [0, 0.05) is 0 Å². The molecular weight excluding hydrogens is 178 g/mol. The Morgan fingerprint density at radius 1 is 1.50 bits per heavy atom. The van der Waals surface area contributed by atoms with Crippen LogP contribution >= 0.6 is 0 Å². The molecule has 2 N–H and O–H groups in total. The van der Waals surface area contributed by atoms with Crippen LogP contribution in [0.5, 0.6) is 0 Å². The van der Waals surface area contributed by atoms with Gasteiger partial charge in [-0.15, -0.1) is 0 Å². The smallest absolute Gasteiger partial charge is 0.264 e. The van der Waals surface area contributed by atoms with Gasteiger partial charge >= 0.3 is 0 Å². The van der Waals surface area contributed by atoms with Crippen LogP contribution in [0.25, 0.3) is 0 Å². The first-order chi connectivity index (χ1) is 5.58. The largest absolute Gasteiger partial charge is 0.316 e. The fraction of sp³-hybridized carbons (Fsp3) is 1.00. The van der Waals surface area contributed by atoms with Gasteiger partial charge in [0.05, 0.1) is 5.75 Å². The highest BCUT2D eigenvalue weighted by molar-refractivity contribution is 7.85. The Labute approximate surface area is 73.1 Å². The highest BCUT2D eigenvalue weighted by atomic mass is 32.2. The van der Waals surface area contributed by atoms with E-state index < -0.39 is 10.1 Å². The highest BCUT2D eigenvalue weighted by Crippen LogP contribution is 2.14. The molecule has 12 heavy (non-hydrogen) atoms. The van der Waals surface area contributed by atoms with Crippen molar-refractivity contribution in [2.45, 2.75) is 19.3 Å². The first-order valence-electron chi connectivity index (χ1n) is 4.24. The Hall–Kier alpha value is -0.130. The molecule has 0 aromatic rings. The van der Waals surface area contributed by atoms with E-state index in [9.17, 15) is 8.42 Å². The van der Waals surface area contributed by atoms with Crippen LogP contribution in [-0.4, -0.2) is 31.8 Å². The summed E-state index contributed by atoms with van der Waals surface area (Å²) in [5.41, 5.74) is 0. The molecule has 0 aromatic carbocycles. The van der Waals surface area contributed by atoms with E-state index in [1.807, 2.05) is 0 Å². The van der Waals surface area contributed by atoms with Crippen LogP contribution in [0, 0.1) is 5.92 Å². The lowest BCUT2D eigenvalue weighted by Crippen LogP contribution is -2.30. The zero-order valence-corrected chi connectivity index (χ0v) is 7.81. The van der Waals surface area contributed by atoms with Crippen LogP contribution in [0.2, 0.25) is 0 Å². The topological polar surface area (TPSA) is 66.4 Å². The van der Waals surface area contributed by atoms with Crippen LogP contribution in [0.15, 0.2) is 0 Å². The maximum absolute atomic E-state index is 10.4. The molecule has 1 fully saturated rings. The van der Waals surface area contributed by atoms with Crippen LogP contribution in [0.1, 0.15) is 19.3 Å². The number of hydrogen-bond acceptors (Lipinski definition) is 3. The molecule has 5 heteroatoms. The Morgan fingerprint density at radius 2 is 2.25 bits per heavy atom. The molecular formula is C7H15NO3S. The predicted molar refractivity (Wildman–Crippen MR) is 46.6 cm³/mol. The molecule has 0 bridgehead atoms. The molecule has 0 saturated carbocycles. The van der Waals surface area contributed by atoms with Gasteiger partial charge in [0.1, 0.15) is 0 Å². The van der Waals surface area contributed by atoms with Crippen molar-refractivity contribution in [2.75, 3.05) is 18.8 Å². The van der Waals surface area contributed by atoms with Gasteiger partial charge in [-0.05, 0) is 38.3 Å². The number of piperidine rings is 1. The summed E-state index contributed by atoms with van der Waals surface area (Å²) >= 11 is 0. The van der Waals surface area contributed by atoms with Crippen molar-refractivity contribution in [2.24, 2.45) is 5.92 Å². The average Bonchev–Trinajstić information content (AvgIpc) is 2.02. The normalized spacial score (nSPS) is 25.6. The van der Waals surface area contributed by atoms with Crippen LogP contribution in [0.3, 0.4) is 0 Å². The zero-order chi connectivity index (χ0) is 9.03. The molecule has 0 spiro atoms. The van der Waals surface area contributed by atoms with Gasteiger partial charge in [-0.3, -0.25) is 4.55 Å². The third kappa shape index (κ3) is 4.04. The highest BCUT2D eigenvalue weighted by Gasteiger charge is 2.15. The van der Waals surface area contributed by atoms with E-state index in [4.69, 9.17) is 4.55 Å². The Kier molecular flexibility index (Phi) is 3.49. The second-order valence-corrected chi connectivity index (χ2v) is 4.86. The predicted octanol–water partition coefficient (Wildman–Crippen LogP) is 0.264. The molecule has 0 radical (unpaired) electrons. The summed E-state index contributed by atoms with van der Waals surface area (Å²) in [5.74, 6) is 0.319. The molecule has 4 nitrogen and oxygen atoms in total. The summed E-state index contributed by atoms with van der Waals surface area (Å²) in [7, 11) is -3.75. The van der Waals surface area contributed by atoms with Gasteiger partial charge in [0.2, 0.25) is 0 Å². The molecule has 1 atom stereocenters. The first-order valence-corrected chi connectivity index (χ1v) is 5.85. The fourth-order valence-corrected chi connectivity index (χ4v) is 2.12. The van der Waals surface area contributed by atoms with E-state index in [0.29, 0.717) is 12.3 Å². The molecule has 0 aliphatic carbocycles. The molecule has 1 saturated heterocycles. The van der Waals surface area contributed by atoms with E-state index in [2.05, 4.69) is 5.32 Å². The van der Waals surface area contributed by atoms with Gasteiger partial charge in [-0.1, -0.05) is 0 Å². The van der Waals surface area contributed by atoms with E-state index in [1.165, 1.54) is 0 Å². The lowest BCUT2D eigenvalue weighted by molar-refractivity contribution is 0.365. The standard InChI is InChI=1S/C7H15NO3S/c9-12(10,11)5-3-7-2-1-4-8-6-7/h7-8H,1-6H2,(H,9,10,11). The van der Waals surface area contributed by atoms with Crippen molar-refractivity contribution in [1.29, 1.82) is 0 Å². The second kappa shape index (κ2) is 4.20. The first kappa shape index (κ1) is 9.95. The molecule has 0 aromatic heterocycles.